The fourth-order valence-corrected chi connectivity index (χ4v) is 3.55. The maximum atomic E-state index is 12.8. The summed E-state index contributed by atoms with van der Waals surface area (Å²) < 4.78 is 2.01. The quantitative estimate of drug-likeness (QED) is 0.761. The zero-order valence-electron chi connectivity index (χ0n) is 15.6. The third-order valence-corrected chi connectivity index (χ3v) is 5.17. The molecule has 0 atom stereocenters. The minimum absolute atomic E-state index is 0.0480. The summed E-state index contributed by atoms with van der Waals surface area (Å²) in [5, 5.41) is 3.08. The second-order valence-corrected chi connectivity index (χ2v) is 7.04. The highest BCUT2D eigenvalue weighted by atomic mass is 16.2. The Hall–Kier alpha value is -3.34. The molecule has 5 heteroatoms. The predicted molar refractivity (Wildman–Crippen MR) is 109 cm³/mol. The lowest BCUT2D eigenvalue weighted by molar-refractivity contribution is 0.0698. The van der Waals surface area contributed by atoms with Crippen LogP contribution >= 0.6 is 0 Å². The summed E-state index contributed by atoms with van der Waals surface area (Å²) in [5.74, 6) is -0.00197. The van der Waals surface area contributed by atoms with Crippen molar-refractivity contribution in [2.75, 3.05) is 13.1 Å². The molecule has 0 saturated carbocycles. The SMILES string of the molecule is O=C(NC1CCN(C(=O)c2ccc(-n3cccc3)cc2)CC1)c1ccccc1. The predicted octanol–water partition coefficient (Wildman–Crippen LogP) is 3.51. The minimum Gasteiger partial charge on any atom is -0.349 e. The zero-order valence-corrected chi connectivity index (χ0v) is 15.6. The van der Waals surface area contributed by atoms with Crippen molar-refractivity contribution in [2.45, 2.75) is 18.9 Å². The molecule has 1 aliphatic rings. The largest absolute Gasteiger partial charge is 0.349 e. The molecule has 1 aliphatic heterocycles. The normalized spacial score (nSPS) is 14.6. The minimum atomic E-state index is -0.0500. The van der Waals surface area contributed by atoms with Crippen molar-refractivity contribution >= 4 is 11.8 Å². The number of carbonyl (C=O) groups is 2. The van der Waals surface area contributed by atoms with Gasteiger partial charge in [0, 0.05) is 48.3 Å². The maximum Gasteiger partial charge on any atom is 0.253 e. The van der Waals surface area contributed by atoms with E-state index in [1.807, 2.05) is 88.6 Å². The van der Waals surface area contributed by atoms with E-state index in [0.29, 0.717) is 24.2 Å². The highest BCUT2D eigenvalue weighted by Crippen LogP contribution is 2.16. The monoisotopic (exact) mass is 373 g/mol. The van der Waals surface area contributed by atoms with E-state index in [9.17, 15) is 9.59 Å². The Morgan fingerprint density at radius 1 is 0.786 bits per heavy atom. The molecule has 0 spiro atoms. The maximum absolute atomic E-state index is 12.8. The molecule has 0 aliphatic carbocycles. The standard InChI is InChI=1S/C23H23N3O2/c27-22(18-6-2-1-3-7-18)24-20-12-16-26(17-13-20)23(28)19-8-10-21(11-9-19)25-14-4-5-15-25/h1-11,14-15,20H,12-13,16-17H2,(H,24,27). The van der Waals surface area contributed by atoms with Crippen LogP contribution in [0.3, 0.4) is 0 Å². The van der Waals surface area contributed by atoms with Crippen molar-refractivity contribution in [1.82, 2.24) is 14.8 Å². The molecule has 0 bridgehead atoms. The Kier molecular flexibility index (Phi) is 5.24. The number of rotatable bonds is 4. The number of carbonyl (C=O) groups excluding carboxylic acids is 2. The molecular formula is C23H23N3O2. The molecule has 28 heavy (non-hydrogen) atoms. The summed E-state index contributed by atoms with van der Waals surface area (Å²) >= 11 is 0. The molecule has 2 heterocycles. The number of hydrogen-bond donors (Lipinski definition) is 1. The van der Waals surface area contributed by atoms with Crippen molar-refractivity contribution in [2.24, 2.45) is 0 Å². The van der Waals surface area contributed by atoms with Crippen LogP contribution in [0.15, 0.2) is 79.1 Å². The third-order valence-electron chi connectivity index (χ3n) is 5.17. The fourth-order valence-electron chi connectivity index (χ4n) is 3.55. The summed E-state index contributed by atoms with van der Waals surface area (Å²) in [7, 11) is 0. The van der Waals surface area contributed by atoms with Crippen LogP contribution in [-0.2, 0) is 0 Å². The number of piperidine rings is 1. The van der Waals surface area contributed by atoms with E-state index in [4.69, 9.17) is 0 Å². The lowest BCUT2D eigenvalue weighted by Gasteiger charge is -2.32. The number of nitrogens with one attached hydrogen (secondary N) is 1. The zero-order chi connectivity index (χ0) is 19.3. The van der Waals surface area contributed by atoms with Crippen LogP contribution in [0.25, 0.3) is 5.69 Å². The molecule has 2 amide bonds. The number of benzene rings is 2. The number of hydrogen-bond acceptors (Lipinski definition) is 2. The van der Waals surface area contributed by atoms with Gasteiger partial charge in [0.1, 0.15) is 0 Å². The Balaban J connectivity index is 1.32. The van der Waals surface area contributed by atoms with E-state index in [-0.39, 0.29) is 17.9 Å². The van der Waals surface area contributed by atoms with Crippen molar-refractivity contribution < 1.29 is 9.59 Å². The van der Waals surface area contributed by atoms with Gasteiger partial charge in [-0.15, -0.1) is 0 Å². The van der Waals surface area contributed by atoms with Gasteiger partial charge in [0.05, 0.1) is 0 Å². The number of likely N-dealkylation sites (tertiary alicyclic amines) is 1. The van der Waals surface area contributed by atoms with Crippen LogP contribution in [-0.4, -0.2) is 40.4 Å². The van der Waals surface area contributed by atoms with Crippen LogP contribution in [0.5, 0.6) is 0 Å². The first-order chi connectivity index (χ1) is 13.7. The summed E-state index contributed by atoms with van der Waals surface area (Å²) in [5.41, 5.74) is 2.40. The van der Waals surface area contributed by atoms with E-state index < -0.39 is 0 Å². The summed E-state index contributed by atoms with van der Waals surface area (Å²) in [4.78, 5) is 26.9. The van der Waals surface area contributed by atoms with E-state index in [2.05, 4.69) is 5.32 Å². The van der Waals surface area contributed by atoms with Crippen LogP contribution in [0.4, 0.5) is 0 Å². The van der Waals surface area contributed by atoms with Crippen molar-refractivity contribution in [1.29, 1.82) is 0 Å². The molecule has 2 aromatic carbocycles. The molecule has 0 radical (unpaired) electrons. The van der Waals surface area contributed by atoms with Gasteiger partial charge in [0.15, 0.2) is 0 Å². The van der Waals surface area contributed by atoms with Crippen LogP contribution in [0.1, 0.15) is 33.6 Å². The summed E-state index contributed by atoms with van der Waals surface area (Å²) in [6, 6.07) is 21.0. The molecule has 4 rings (SSSR count). The van der Waals surface area contributed by atoms with Gasteiger partial charge in [-0.05, 0) is 61.4 Å². The Labute approximate surface area is 164 Å². The third kappa shape index (κ3) is 3.98. The lowest BCUT2D eigenvalue weighted by atomic mass is 10.0. The Bertz CT molecular complexity index is 926. The van der Waals surface area contributed by atoms with E-state index >= 15 is 0 Å². The van der Waals surface area contributed by atoms with Crippen LogP contribution < -0.4 is 5.32 Å². The van der Waals surface area contributed by atoms with Gasteiger partial charge in [0.25, 0.3) is 11.8 Å². The summed E-state index contributed by atoms with van der Waals surface area (Å²) in [6.45, 7) is 1.30. The topological polar surface area (TPSA) is 54.3 Å². The van der Waals surface area contributed by atoms with Gasteiger partial charge in [-0.25, -0.2) is 0 Å². The number of amides is 2. The van der Waals surface area contributed by atoms with Gasteiger partial charge >= 0.3 is 0 Å². The van der Waals surface area contributed by atoms with Gasteiger partial charge in [-0.2, -0.15) is 0 Å². The van der Waals surface area contributed by atoms with E-state index in [0.717, 1.165) is 18.5 Å². The molecule has 3 aromatic rings. The molecule has 1 aromatic heterocycles. The van der Waals surface area contributed by atoms with E-state index in [1.165, 1.54) is 0 Å². The molecule has 142 valence electrons. The number of nitrogens with zero attached hydrogens (tertiary/aromatic N) is 2. The van der Waals surface area contributed by atoms with Gasteiger partial charge < -0.3 is 14.8 Å². The number of aromatic nitrogens is 1. The van der Waals surface area contributed by atoms with Crippen LogP contribution in [0, 0.1) is 0 Å². The molecule has 1 fully saturated rings. The highest BCUT2D eigenvalue weighted by molar-refractivity contribution is 5.95. The average Bonchev–Trinajstić information content (AvgIpc) is 3.29. The van der Waals surface area contributed by atoms with Crippen molar-refractivity contribution in [3.8, 4) is 5.69 Å². The average molecular weight is 373 g/mol. The first kappa shape index (κ1) is 18.0. The molecular weight excluding hydrogens is 350 g/mol. The first-order valence-electron chi connectivity index (χ1n) is 9.59. The van der Waals surface area contributed by atoms with Gasteiger partial charge in [-0.3, -0.25) is 9.59 Å². The van der Waals surface area contributed by atoms with Crippen molar-refractivity contribution in [3.63, 3.8) is 0 Å². The molecule has 5 nitrogen and oxygen atoms in total. The first-order valence-corrected chi connectivity index (χ1v) is 9.59. The van der Waals surface area contributed by atoms with Gasteiger partial charge in [0.2, 0.25) is 0 Å². The van der Waals surface area contributed by atoms with Crippen LogP contribution in [0.2, 0.25) is 0 Å². The highest BCUT2D eigenvalue weighted by Gasteiger charge is 2.24. The Morgan fingerprint density at radius 3 is 2.07 bits per heavy atom. The smallest absolute Gasteiger partial charge is 0.253 e. The van der Waals surface area contributed by atoms with Crippen molar-refractivity contribution in [3.05, 3.63) is 90.3 Å². The lowest BCUT2D eigenvalue weighted by Crippen LogP contribution is -2.46. The van der Waals surface area contributed by atoms with E-state index in [1.54, 1.807) is 0 Å². The van der Waals surface area contributed by atoms with Gasteiger partial charge in [-0.1, -0.05) is 18.2 Å². The molecule has 1 N–H and O–H groups in total. The summed E-state index contributed by atoms with van der Waals surface area (Å²) in [6.07, 6.45) is 5.49. The fraction of sp³-hybridized carbons (Fsp3) is 0.217. The Morgan fingerprint density at radius 2 is 1.43 bits per heavy atom. The second kappa shape index (κ2) is 8.13. The molecule has 0 unspecified atom stereocenters. The molecule has 1 saturated heterocycles. The second-order valence-electron chi connectivity index (χ2n) is 7.04.